The molecule has 1 unspecified atom stereocenters. The average Bonchev–Trinajstić information content (AvgIpc) is 3.00. The maximum Gasteiger partial charge on any atom is 0.123 e. The van der Waals surface area contributed by atoms with Gasteiger partial charge < -0.3 is 4.90 Å². The summed E-state index contributed by atoms with van der Waals surface area (Å²) in [6, 6.07) is 9.01. The number of hydrogen-bond acceptors (Lipinski definition) is 2. The number of halogens is 2. The van der Waals surface area contributed by atoms with Crippen LogP contribution in [0, 0.1) is 5.82 Å². The molecule has 0 bridgehead atoms. The summed E-state index contributed by atoms with van der Waals surface area (Å²) in [6.45, 7) is 8.63. The Kier molecular flexibility index (Phi) is 5.62. The van der Waals surface area contributed by atoms with E-state index in [0.717, 1.165) is 40.7 Å². The third kappa shape index (κ3) is 3.84. The van der Waals surface area contributed by atoms with Gasteiger partial charge in [0.25, 0.3) is 0 Å². The van der Waals surface area contributed by atoms with Crippen molar-refractivity contribution in [3.63, 3.8) is 0 Å². The topological polar surface area (TPSA) is 3.24 Å². The van der Waals surface area contributed by atoms with Crippen molar-refractivity contribution < 1.29 is 4.39 Å². The fraction of sp³-hybridized carbons (Fsp3) is 0.400. The molecule has 1 atom stereocenters. The lowest BCUT2D eigenvalue weighted by molar-refractivity contribution is 0.270. The first-order valence-corrected chi connectivity index (χ1v) is 9.75. The van der Waals surface area contributed by atoms with Crippen molar-refractivity contribution in [3.05, 3.63) is 58.3 Å². The van der Waals surface area contributed by atoms with Crippen molar-refractivity contribution in [3.8, 4) is 10.4 Å². The first-order chi connectivity index (χ1) is 11.6. The molecule has 0 amide bonds. The molecule has 3 rings (SSSR count). The quantitative estimate of drug-likeness (QED) is 0.571. The van der Waals surface area contributed by atoms with E-state index in [1.165, 1.54) is 35.4 Å². The summed E-state index contributed by atoms with van der Waals surface area (Å²) < 4.78 is 14.6. The van der Waals surface area contributed by atoms with E-state index in [1.54, 1.807) is 12.1 Å². The van der Waals surface area contributed by atoms with Gasteiger partial charge in [-0.1, -0.05) is 37.6 Å². The summed E-state index contributed by atoms with van der Waals surface area (Å²) >= 11 is 7.59. The first kappa shape index (κ1) is 17.5. The van der Waals surface area contributed by atoms with E-state index in [9.17, 15) is 4.39 Å². The Balaban J connectivity index is 1.84. The molecule has 0 radical (unpaired) electrons. The predicted molar refractivity (Wildman–Crippen MR) is 102 cm³/mol. The van der Waals surface area contributed by atoms with Crippen LogP contribution < -0.4 is 0 Å². The number of allylic oxidation sites excluding steroid dienone is 1. The zero-order valence-electron chi connectivity index (χ0n) is 14.0. The van der Waals surface area contributed by atoms with Crippen LogP contribution in [0.5, 0.6) is 0 Å². The van der Waals surface area contributed by atoms with E-state index in [2.05, 4.69) is 18.4 Å². The average molecular weight is 364 g/mol. The number of thiophene rings is 1. The molecule has 1 nitrogen and oxygen atoms in total. The van der Waals surface area contributed by atoms with E-state index in [1.807, 2.05) is 18.2 Å². The molecule has 0 spiro atoms. The van der Waals surface area contributed by atoms with Gasteiger partial charge in [-0.25, -0.2) is 4.39 Å². The molecule has 2 heterocycles. The van der Waals surface area contributed by atoms with Gasteiger partial charge in [0.15, 0.2) is 0 Å². The second-order valence-corrected chi connectivity index (χ2v) is 8.15. The monoisotopic (exact) mass is 363 g/mol. The van der Waals surface area contributed by atoms with Gasteiger partial charge >= 0.3 is 0 Å². The van der Waals surface area contributed by atoms with Gasteiger partial charge in [0.05, 0.1) is 4.34 Å². The van der Waals surface area contributed by atoms with E-state index < -0.39 is 0 Å². The van der Waals surface area contributed by atoms with E-state index in [4.69, 9.17) is 11.6 Å². The number of unbranched alkanes of at least 4 members (excludes halogenated alkanes) is 1. The van der Waals surface area contributed by atoms with Crippen LogP contribution in [-0.2, 0) is 0 Å². The lowest BCUT2D eigenvalue weighted by Gasteiger charge is -2.36. The van der Waals surface area contributed by atoms with E-state index in [0.29, 0.717) is 5.92 Å². The summed E-state index contributed by atoms with van der Waals surface area (Å²) in [4.78, 5) is 3.44. The molecule has 1 aromatic heterocycles. The fourth-order valence-electron chi connectivity index (χ4n) is 3.43. The van der Waals surface area contributed by atoms with Crippen molar-refractivity contribution in [1.29, 1.82) is 0 Å². The van der Waals surface area contributed by atoms with Crippen molar-refractivity contribution in [2.75, 3.05) is 13.1 Å². The van der Waals surface area contributed by atoms with Gasteiger partial charge in [-0.15, -0.1) is 11.3 Å². The van der Waals surface area contributed by atoms with Crippen LogP contribution in [0.2, 0.25) is 4.34 Å². The lowest BCUT2D eigenvalue weighted by atomic mass is 9.84. The van der Waals surface area contributed by atoms with E-state index >= 15 is 0 Å². The molecule has 1 aliphatic heterocycles. The standard InChI is InChI=1S/C20H23ClFNS/c1-3-4-10-23-11-9-15(12-14(23)2)17-6-5-16(22)13-18(17)19-7-8-20(21)24-19/h5-8,13,15H,2-4,9-12H2,1H3. The molecule has 4 heteroatoms. The predicted octanol–water partition coefficient (Wildman–Crippen LogP) is 6.70. The van der Waals surface area contributed by atoms with Gasteiger partial charge in [-0.2, -0.15) is 0 Å². The first-order valence-electron chi connectivity index (χ1n) is 8.56. The maximum atomic E-state index is 13.8. The van der Waals surface area contributed by atoms with Gasteiger partial charge in [0.1, 0.15) is 5.82 Å². The summed E-state index contributed by atoms with van der Waals surface area (Å²) in [6.07, 6.45) is 4.44. The summed E-state index contributed by atoms with van der Waals surface area (Å²) in [5.74, 6) is 0.198. The third-order valence-corrected chi connectivity index (χ3v) is 6.02. The molecule has 0 N–H and O–H groups in total. The highest BCUT2D eigenvalue weighted by molar-refractivity contribution is 7.19. The number of nitrogens with zero attached hydrogens (tertiary/aromatic N) is 1. The van der Waals surface area contributed by atoms with Crippen LogP contribution in [-0.4, -0.2) is 18.0 Å². The second kappa shape index (κ2) is 7.71. The number of piperidine rings is 1. The Labute approximate surface area is 152 Å². The Morgan fingerprint density at radius 1 is 1.33 bits per heavy atom. The Morgan fingerprint density at radius 3 is 2.83 bits per heavy atom. The Morgan fingerprint density at radius 2 is 2.17 bits per heavy atom. The van der Waals surface area contributed by atoms with Crippen LogP contribution in [0.25, 0.3) is 10.4 Å². The Bertz CT molecular complexity index is 724. The molecule has 1 fully saturated rings. The smallest absolute Gasteiger partial charge is 0.123 e. The zero-order chi connectivity index (χ0) is 17.1. The van der Waals surface area contributed by atoms with Crippen LogP contribution in [0.1, 0.15) is 44.1 Å². The van der Waals surface area contributed by atoms with Crippen molar-refractivity contribution in [1.82, 2.24) is 4.90 Å². The highest BCUT2D eigenvalue weighted by Crippen LogP contribution is 2.41. The molecule has 1 aromatic carbocycles. The number of likely N-dealkylation sites (tertiary alicyclic amines) is 1. The highest BCUT2D eigenvalue weighted by Gasteiger charge is 2.25. The summed E-state index contributed by atoms with van der Waals surface area (Å²) in [5, 5.41) is 0. The van der Waals surface area contributed by atoms with E-state index in [-0.39, 0.29) is 5.82 Å². The molecule has 0 saturated carbocycles. The normalized spacial score (nSPS) is 18.2. The van der Waals surface area contributed by atoms with Gasteiger partial charge in [-0.05, 0) is 60.6 Å². The van der Waals surface area contributed by atoms with Crippen molar-refractivity contribution >= 4 is 22.9 Å². The fourth-order valence-corrected chi connectivity index (χ4v) is 4.51. The minimum Gasteiger partial charge on any atom is -0.375 e. The SMILES string of the molecule is C=C1CC(c2ccc(F)cc2-c2ccc(Cl)s2)CCN1CCCC. The van der Waals surface area contributed by atoms with Gasteiger partial charge in [0, 0.05) is 23.7 Å². The third-order valence-electron chi connectivity index (χ3n) is 4.75. The van der Waals surface area contributed by atoms with Crippen LogP contribution in [0.4, 0.5) is 4.39 Å². The Hall–Kier alpha value is -1.32. The van der Waals surface area contributed by atoms with Crippen LogP contribution in [0.3, 0.4) is 0 Å². The largest absolute Gasteiger partial charge is 0.375 e. The van der Waals surface area contributed by atoms with Crippen LogP contribution in [0.15, 0.2) is 42.6 Å². The molecule has 1 aliphatic rings. The molecule has 24 heavy (non-hydrogen) atoms. The summed E-state index contributed by atoms with van der Waals surface area (Å²) in [5.41, 5.74) is 3.40. The van der Waals surface area contributed by atoms with Crippen molar-refractivity contribution in [2.24, 2.45) is 0 Å². The molecular formula is C20H23ClFNS. The molecule has 1 saturated heterocycles. The van der Waals surface area contributed by atoms with Gasteiger partial charge in [0.2, 0.25) is 0 Å². The van der Waals surface area contributed by atoms with Gasteiger partial charge in [-0.3, -0.25) is 0 Å². The van der Waals surface area contributed by atoms with Crippen molar-refractivity contribution in [2.45, 2.75) is 38.5 Å². The molecule has 128 valence electrons. The zero-order valence-corrected chi connectivity index (χ0v) is 15.6. The minimum absolute atomic E-state index is 0.197. The molecular weight excluding hydrogens is 341 g/mol. The highest BCUT2D eigenvalue weighted by atomic mass is 35.5. The van der Waals surface area contributed by atoms with Crippen LogP contribution >= 0.6 is 22.9 Å². The second-order valence-electron chi connectivity index (χ2n) is 6.43. The molecule has 0 aliphatic carbocycles. The maximum absolute atomic E-state index is 13.8. The number of benzene rings is 1. The number of rotatable bonds is 5. The molecule has 2 aromatic rings. The lowest BCUT2D eigenvalue weighted by Crippen LogP contribution is -2.31. The minimum atomic E-state index is -0.197. The summed E-state index contributed by atoms with van der Waals surface area (Å²) in [7, 11) is 0. The number of hydrogen-bond donors (Lipinski definition) is 0.